The van der Waals surface area contributed by atoms with E-state index in [-0.39, 0.29) is 29.5 Å². The summed E-state index contributed by atoms with van der Waals surface area (Å²) in [5.74, 6) is 0.0507. The van der Waals surface area contributed by atoms with Crippen molar-refractivity contribution in [3.05, 3.63) is 88.3 Å². The summed E-state index contributed by atoms with van der Waals surface area (Å²) in [4.78, 5) is 43.1. The molecule has 1 aromatic heterocycles. The van der Waals surface area contributed by atoms with Crippen LogP contribution in [0.4, 0.5) is 0 Å². The highest BCUT2D eigenvalue weighted by atomic mass is 16.5. The number of aliphatic hydroxyl groups excluding tert-OH is 5. The number of benzene rings is 3. The predicted molar refractivity (Wildman–Crippen MR) is 220 cm³/mol. The standard InChI is InChI=1S/C43H57N5O11/c1-26(46-42(27(2)50)58-33-11-5-9-28-8-3-4-10-31(28)33)22-36(51)44-14-6-16-47-18-20-48(21-19-47)17-7-15-45-41(55)32-23-29-12-13-30(24-34(29)59-43(32)56)40-39(54)38(53)37(52)35(25-49)57-40/h3-5,8-13,23-24,26-27,35,37-40,42,46,49-50,52-54H,6-7,14-22,25H2,1-2H3,(H,44,51)(H,45,55)/t26?,27?,35-,37+,38+,39-,40+,42?/m1/s1. The molecule has 0 spiro atoms. The van der Waals surface area contributed by atoms with Crippen LogP contribution in [0, 0.1) is 0 Å². The predicted octanol–water partition coefficient (Wildman–Crippen LogP) is 0.859. The van der Waals surface area contributed by atoms with Crippen LogP contribution in [-0.2, 0) is 9.53 Å². The van der Waals surface area contributed by atoms with Gasteiger partial charge in [0.15, 0.2) is 6.23 Å². The van der Waals surface area contributed by atoms with Gasteiger partial charge < -0.3 is 59.9 Å². The fourth-order valence-corrected chi connectivity index (χ4v) is 7.60. The summed E-state index contributed by atoms with van der Waals surface area (Å²) >= 11 is 0. The molecule has 59 heavy (non-hydrogen) atoms. The zero-order chi connectivity index (χ0) is 42.1. The quantitative estimate of drug-likeness (QED) is 0.0396. The van der Waals surface area contributed by atoms with Gasteiger partial charge in [-0.1, -0.05) is 48.5 Å². The second kappa shape index (κ2) is 20.7. The minimum atomic E-state index is -1.55. The molecule has 3 heterocycles. The maximum Gasteiger partial charge on any atom is 0.349 e. The highest BCUT2D eigenvalue weighted by molar-refractivity contribution is 5.96. The molecular weight excluding hydrogens is 762 g/mol. The zero-order valence-electron chi connectivity index (χ0n) is 33.5. The molecule has 320 valence electrons. The Kier molecular flexibility index (Phi) is 15.4. The van der Waals surface area contributed by atoms with Crippen molar-refractivity contribution in [1.29, 1.82) is 0 Å². The Balaban J connectivity index is 0.851. The van der Waals surface area contributed by atoms with Gasteiger partial charge in [0.05, 0.1) is 6.61 Å². The van der Waals surface area contributed by atoms with Gasteiger partial charge in [0, 0.05) is 62.5 Å². The van der Waals surface area contributed by atoms with Crippen molar-refractivity contribution < 1.29 is 49.0 Å². The number of nitrogens with one attached hydrogen (secondary N) is 3. The van der Waals surface area contributed by atoms with Gasteiger partial charge in [-0.3, -0.25) is 14.9 Å². The van der Waals surface area contributed by atoms with E-state index in [4.69, 9.17) is 13.9 Å². The van der Waals surface area contributed by atoms with Gasteiger partial charge in [0.2, 0.25) is 5.91 Å². The van der Waals surface area contributed by atoms with Crippen LogP contribution in [-0.4, -0.2) is 149 Å². The monoisotopic (exact) mass is 819 g/mol. The van der Waals surface area contributed by atoms with Crippen LogP contribution in [0.2, 0.25) is 0 Å². The first-order chi connectivity index (χ1) is 28.4. The number of amides is 2. The van der Waals surface area contributed by atoms with Crippen molar-refractivity contribution in [2.24, 2.45) is 0 Å². The molecule has 2 aliphatic heterocycles. The minimum absolute atomic E-state index is 0.0679. The van der Waals surface area contributed by atoms with E-state index in [1.807, 2.05) is 49.4 Å². The number of carbonyl (C=O) groups is 2. The Morgan fingerprint density at radius 2 is 1.53 bits per heavy atom. The number of carbonyl (C=O) groups excluding carboxylic acids is 2. The maximum atomic E-state index is 12.9. The van der Waals surface area contributed by atoms with E-state index < -0.39 is 61.0 Å². The number of fused-ring (bicyclic) bond motifs is 2. The summed E-state index contributed by atoms with van der Waals surface area (Å²) in [5, 5.41) is 62.2. The second-order valence-corrected chi connectivity index (χ2v) is 15.5. The van der Waals surface area contributed by atoms with Crippen molar-refractivity contribution in [2.75, 3.05) is 59.0 Å². The highest BCUT2D eigenvalue weighted by Gasteiger charge is 2.44. The number of hydrogen-bond acceptors (Lipinski definition) is 14. The molecular formula is C43H57N5O11. The van der Waals surface area contributed by atoms with E-state index in [9.17, 15) is 39.9 Å². The number of nitrogens with zero attached hydrogens (tertiary/aromatic N) is 2. The van der Waals surface area contributed by atoms with Crippen molar-refractivity contribution in [2.45, 2.75) is 82.0 Å². The second-order valence-electron chi connectivity index (χ2n) is 15.5. The summed E-state index contributed by atoms with van der Waals surface area (Å²) in [6.07, 6.45) is -6.42. The number of ether oxygens (including phenoxy) is 2. The first-order valence-electron chi connectivity index (χ1n) is 20.4. The Hall–Kier alpha value is -4.49. The van der Waals surface area contributed by atoms with Crippen LogP contribution in [0.25, 0.3) is 21.7 Å². The average Bonchev–Trinajstić information content (AvgIpc) is 3.23. The van der Waals surface area contributed by atoms with E-state index in [1.165, 1.54) is 12.1 Å². The molecule has 0 aliphatic carbocycles. The van der Waals surface area contributed by atoms with Gasteiger partial charge in [-0.15, -0.1) is 0 Å². The fourth-order valence-electron chi connectivity index (χ4n) is 7.60. The Bertz CT molecular complexity index is 2070. The summed E-state index contributed by atoms with van der Waals surface area (Å²) in [6, 6.07) is 19.6. The SMILES string of the molecule is CC(CC(=O)NCCCN1CCN(CCCNC(=O)c2cc3ccc([C@@H]4O[C@H](CO)[C@H](O)[C@H](O)[C@H]4O)cc3oc2=O)CC1)NC(Oc1cccc2ccccc12)C(C)O. The molecule has 16 nitrogen and oxygen atoms in total. The van der Waals surface area contributed by atoms with Crippen LogP contribution in [0.15, 0.2) is 75.9 Å². The lowest BCUT2D eigenvalue weighted by Gasteiger charge is -2.40. The topological polar surface area (TPSA) is 227 Å². The molecule has 0 radical (unpaired) electrons. The van der Waals surface area contributed by atoms with Crippen LogP contribution < -0.4 is 26.3 Å². The summed E-state index contributed by atoms with van der Waals surface area (Å²) in [6.45, 7) is 9.14. The smallest absolute Gasteiger partial charge is 0.349 e. The van der Waals surface area contributed by atoms with E-state index >= 15 is 0 Å². The van der Waals surface area contributed by atoms with Crippen LogP contribution in [0.3, 0.4) is 0 Å². The Labute approximate surface area is 342 Å². The lowest BCUT2D eigenvalue weighted by molar-refractivity contribution is -0.231. The molecule has 2 aliphatic rings. The van der Waals surface area contributed by atoms with E-state index in [0.29, 0.717) is 36.2 Å². The highest BCUT2D eigenvalue weighted by Crippen LogP contribution is 2.34. The van der Waals surface area contributed by atoms with Crippen molar-refractivity contribution >= 4 is 33.6 Å². The number of aliphatic hydroxyl groups is 5. The molecule has 16 heteroatoms. The molecule has 2 amide bonds. The molecule has 8 N–H and O–H groups in total. The molecule has 0 saturated carbocycles. The fraction of sp³-hybridized carbons (Fsp3) is 0.512. The number of hydrogen-bond donors (Lipinski definition) is 8. The van der Waals surface area contributed by atoms with Gasteiger partial charge in [0.1, 0.15) is 53.5 Å². The van der Waals surface area contributed by atoms with Gasteiger partial charge in [-0.2, -0.15) is 0 Å². The molecule has 2 fully saturated rings. The zero-order valence-corrected chi connectivity index (χ0v) is 33.5. The molecule has 3 unspecified atom stereocenters. The van der Waals surface area contributed by atoms with Crippen molar-refractivity contribution in [3.8, 4) is 5.75 Å². The molecule has 0 bridgehead atoms. The maximum absolute atomic E-state index is 12.9. The minimum Gasteiger partial charge on any atom is -0.472 e. The number of rotatable bonds is 18. The summed E-state index contributed by atoms with van der Waals surface area (Å²) in [5.41, 5.74) is -0.452. The third-order valence-electron chi connectivity index (χ3n) is 11.0. The first-order valence-corrected chi connectivity index (χ1v) is 20.4. The van der Waals surface area contributed by atoms with E-state index in [2.05, 4.69) is 25.8 Å². The van der Waals surface area contributed by atoms with Gasteiger partial charge in [-0.25, -0.2) is 4.79 Å². The van der Waals surface area contributed by atoms with E-state index in [1.54, 1.807) is 19.1 Å². The van der Waals surface area contributed by atoms with Crippen LogP contribution in [0.1, 0.15) is 55.1 Å². The molecule has 4 aromatic rings. The summed E-state index contributed by atoms with van der Waals surface area (Å²) < 4.78 is 17.2. The van der Waals surface area contributed by atoms with Gasteiger partial charge >= 0.3 is 5.63 Å². The van der Waals surface area contributed by atoms with Crippen molar-refractivity contribution in [1.82, 2.24) is 25.8 Å². The van der Waals surface area contributed by atoms with Gasteiger partial charge in [-0.05, 0) is 68.9 Å². The molecule has 8 atom stereocenters. The van der Waals surface area contributed by atoms with E-state index in [0.717, 1.165) is 56.5 Å². The molecule has 2 saturated heterocycles. The first kappa shape index (κ1) is 44.1. The van der Waals surface area contributed by atoms with Gasteiger partial charge in [0.25, 0.3) is 5.91 Å². The summed E-state index contributed by atoms with van der Waals surface area (Å²) in [7, 11) is 0. The van der Waals surface area contributed by atoms with Crippen molar-refractivity contribution in [3.63, 3.8) is 0 Å². The Morgan fingerprint density at radius 1 is 0.847 bits per heavy atom. The average molecular weight is 820 g/mol. The number of piperazine rings is 1. The third-order valence-corrected chi connectivity index (χ3v) is 11.0. The van der Waals surface area contributed by atoms with Crippen LogP contribution >= 0.6 is 0 Å². The lowest BCUT2D eigenvalue weighted by Crippen LogP contribution is -2.55. The van der Waals surface area contributed by atoms with Crippen LogP contribution in [0.5, 0.6) is 5.75 Å². The molecule has 6 rings (SSSR count). The third kappa shape index (κ3) is 11.4. The lowest BCUT2D eigenvalue weighted by atomic mass is 9.91. The largest absolute Gasteiger partial charge is 0.472 e. The normalized spacial score (nSPS) is 23.1. The molecule has 3 aromatic carbocycles. The Morgan fingerprint density at radius 3 is 2.22 bits per heavy atom.